The van der Waals surface area contributed by atoms with Crippen LogP contribution >= 0.6 is 0 Å². The molecule has 0 radical (unpaired) electrons. The van der Waals surface area contributed by atoms with Gasteiger partial charge in [-0.15, -0.1) is 0 Å². The van der Waals surface area contributed by atoms with E-state index in [0.717, 1.165) is 13.1 Å². The van der Waals surface area contributed by atoms with Crippen LogP contribution in [0.25, 0.3) is 0 Å². The molecule has 0 aromatic heterocycles. The van der Waals surface area contributed by atoms with Gasteiger partial charge in [0.1, 0.15) is 0 Å². The molecular weight excluding hydrogens is 238 g/mol. The number of hydrogen-bond acceptors (Lipinski definition) is 3. The molecule has 1 aliphatic rings. The Morgan fingerprint density at radius 2 is 2.16 bits per heavy atom. The van der Waals surface area contributed by atoms with Crippen LogP contribution in [0, 0.1) is 17.8 Å². The fraction of sp³-hybridized carbons (Fsp3) is 0.933. The largest absolute Gasteiger partial charge is 0.349 e. The topological polar surface area (TPSA) is 67.2 Å². The smallest absolute Gasteiger partial charge is 0.220 e. The minimum atomic E-state index is -0.290. The molecule has 4 N–H and O–H groups in total. The SMILES string of the molecule is CC(CC(=O)NC(C)(CN)C(C)C)C1CCCNC1. The maximum atomic E-state index is 12.2. The Balaban J connectivity index is 2.45. The predicted molar refractivity (Wildman–Crippen MR) is 79.8 cm³/mol. The molecule has 0 aromatic rings. The van der Waals surface area contributed by atoms with Crippen LogP contribution in [0.3, 0.4) is 0 Å². The number of amides is 1. The van der Waals surface area contributed by atoms with E-state index in [2.05, 4.69) is 31.4 Å². The predicted octanol–water partition coefficient (Wildman–Crippen LogP) is 1.50. The highest BCUT2D eigenvalue weighted by Gasteiger charge is 2.30. The molecule has 1 fully saturated rings. The van der Waals surface area contributed by atoms with Crippen LogP contribution in [0.5, 0.6) is 0 Å². The molecule has 1 rings (SSSR count). The first-order chi connectivity index (χ1) is 8.89. The molecule has 4 heteroatoms. The fourth-order valence-electron chi connectivity index (χ4n) is 2.62. The molecule has 3 unspecified atom stereocenters. The Morgan fingerprint density at radius 3 is 2.63 bits per heavy atom. The van der Waals surface area contributed by atoms with Crippen LogP contribution < -0.4 is 16.4 Å². The minimum absolute atomic E-state index is 0.139. The Labute approximate surface area is 117 Å². The van der Waals surface area contributed by atoms with E-state index in [-0.39, 0.29) is 11.4 Å². The van der Waals surface area contributed by atoms with E-state index in [4.69, 9.17) is 5.73 Å². The molecule has 4 nitrogen and oxygen atoms in total. The van der Waals surface area contributed by atoms with Gasteiger partial charge < -0.3 is 16.4 Å². The summed E-state index contributed by atoms with van der Waals surface area (Å²) in [4.78, 5) is 12.2. The van der Waals surface area contributed by atoms with E-state index in [1.165, 1.54) is 12.8 Å². The van der Waals surface area contributed by atoms with Crippen molar-refractivity contribution in [1.82, 2.24) is 10.6 Å². The van der Waals surface area contributed by atoms with Gasteiger partial charge in [0.15, 0.2) is 0 Å². The lowest BCUT2D eigenvalue weighted by Crippen LogP contribution is -2.55. The normalized spacial score (nSPS) is 24.8. The van der Waals surface area contributed by atoms with Crippen LogP contribution in [0.15, 0.2) is 0 Å². The summed E-state index contributed by atoms with van der Waals surface area (Å²) in [6.07, 6.45) is 3.07. The van der Waals surface area contributed by atoms with Crippen molar-refractivity contribution in [2.75, 3.05) is 19.6 Å². The molecular formula is C15H31N3O. The van der Waals surface area contributed by atoms with Crippen molar-refractivity contribution in [3.8, 4) is 0 Å². The number of carbonyl (C=O) groups excluding carboxylic acids is 1. The van der Waals surface area contributed by atoms with Gasteiger partial charge in [0.2, 0.25) is 5.91 Å². The summed E-state index contributed by atoms with van der Waals surface area (Å²) >= 11 is 0. The lowest BCUT2D eigenvalue weighted by Gasteiger charge is -2.35. The van der Waals surface area contributed by atoms with E-state index in [1.807, 2.05) is 6.92 Å². The second-order valence-corrected chi connectivity index (χ2v) is 6.61. The van der Waals surface area contributed by atoms with Gasteiger partial charge in [-0.3, -0.25) is 4.79 Å². The molecule has 3 atom stereocenters. The highest BCUT2D eigenvalue weighted by Crippen LogP contribution is 2.23. The van der Waals surface area contributed by atoms with E-state index < -0.39 is 0 Å². The maximum absolute atomic E-state index is 12.2. The van der Waals surface area contributed by atoms with Gasteiger partial charge in [-0.1, -0.05) is 20.8 Å². The number of hydrogen-bond donors (Lipinski definition) is 3. The van der Waals surface area contributed by atoms with E-state index in [0.29, 0.717) is 30.7 Å². The van der Waals surface area contributed by atoms with Crippen molar-refractivity contribution >= 4 is 5.91 Å². The molecule has 1 amide bonds. The first kappa shape index (κ1) is 16.4. The summed E-state index contributed by atoms with van der Waals surface area (Å²) in [6, 6.07) is 0. The van der Waals surface area contributed by atoms with Gasteiger partial charge in [0.05, 0.1) is 5.54 Å². The Hall–Kier alpha value is -0.610. The molecule has 0 aromatic carbocycles. The fourth-order valence-corrected chi connectivity index (χ4v) is 2.62. The number of nitrogens with two attached hydrogens (primary N) is 1. The molecule has 0 saturated carbocycles. The highest BCUT2D eigenvalue weighted by molar-refractivity contribution is 5.77. The third-order valence-electron chi connectivity index (χ3n) is 4.77. The van der Waals surface area contributed by atoms with Crippen molar-refractivity contribution in [3.63, 3.8) is 0 Å². The molecule has 0 aliphatic carbocycles. The van der Waals surface area contributed by atoms with Crippen molar-refractivity contribution in [2.45, 2.75) is 52.5 Å². The molecule has 1 heterocycles. The zero-order valence-corrected chi connectivity index (χ0v) is 13.0. The summed E-state index contributed by atoms with van der Waals surface area (Å²) in [5.74, 6) is 1.54. The van der Waals surface area contributed by atoms with Crippen molar-refractivity contribution in [1.29, 1.82) is 0 Å². The number of carbonyl (C=O) groups is 1. The number of rotatable bonds is 6. The molecule has 1 aliphatic heterocycles. The van der Waals surface area contributed by atoms with Gasteiger partial charge in [0.25, 0.3) is 0 Å². The Morgan fingerprint density at radius 1 is 1.47 bits per heavy atom. The number of piperidine rings is 1. The average molecular weight is 269 g/mol. The zero-order valence-electron chi connectivity index (χ0n) is 13.0. The van der Waals surface area contributed by atoms with Gasteiger partial charge in [-0.25, -0.2) is 0 Å². The van der Waals surface area contributed by atoms with Crippen LogP contribution in [0.2, 0.25) is 0 Å². The molecule has 19 heavy (non-hydrogen) atoms. The van der Waals surface area contributed by atoms with Crippen molar-refractivity contribution in [3.05, 3.63) is 0 Å². The standard InChI is InChI=1S/C15H31N3O/c1-11(2)15(4,10-16)18-14(19)8-12(3)13-6-5-7-17-9-13/h11-13,17H,5-10,16H2,1-4H3,(H,18,19). The van der Waals surface area contributed by atoms with Crippen molar-refractivity contribution in [2.24, 2.45) is 23.5 Å². The van der Waals surface area contributed by atoms with E-state index in [1.54, 1.807) is 0 Å². The highest BCUT2D eigenvalue weighted by atomic mass is 16.1. The summed E-state index contributed by atoms with van der Waals surface area (Å²) in [6.45, 7) is 11.1. The van der Waals surface area contributed by atoms with Gasteiger partial charge in [-0.05, 0) is 50.6 Å². The summed E-state index contributed by atoms with van der Waals surface area (Å²) in [5.41, 5.74) is 5.52. The quantitative estimate of drug-likeness (QED) is 0.684. The Kier molecular flexibility index (Phi) is 6.27. The lowest BCUT2D eigenvalue weighted by molar-refractivity contribution is -0.124. The summed E-state index contributed by atoms with van der Waals surface area (Å²) in [7, 11) is 0. The molecule has 1 saturated heterocycles. The maximum Gasteiger partial charge on any atom is 0.220 e. The molecule has 0 spiro atoms. The molecule has 112 valence electrons. The number of nitrogens with one attached hydrogen (secondary N) is 2. The van der Waals surface area contributed by atoms with Gasteiger partial charge >= 0.3 is 0 Å². The van der Waals surface area contributed by atoms with Crippen LogP contribution in [-0.4, -0.2) is 31.1 Å². The van der Waals surface area contributed by atoms with Crippen LogP contribution in [0.1, 0.15) is 47.0 Å². The first-order valence-electron chi connectivity index (χ1n) is 7.61. The monoisotopic (exact) mass is 269 g/mol. The summed E-state index contributed by atoms with van der Waals surface area (Å²) < 4.78 is 0. The lowest BCUT2D eigenvalue weighted by atomic mass is 9.84. The minimum Gasteiger partial charge on any atom is -0.349 e. The summed E-state index contributed by atoms with van der Waals surface area (Å²) in [5, 5.41) is 6.54. The second-order valence-electron chi connectivity index (χ2n) is 6.61. The zero-order chi connectivity index (χ0) is 14.5. The van der Waals surface area contributed by atoms with Gasteiger partial charge in [0, 0.05) is 13.0 Å². The third kappa shape index (κ3) is 4.77. The second kappa shape index (κ2) is 7.25. The van der Waals surface area contributed by atoms with Gasteiger partial charge in [-0.2, -0.15) is 0 Å². The van der Waals surface area contributed by atoms with E-state index in [9.17, 15) is 4.79 Å². The van der Waals surface area contributed by atoms with E-state index >= 15 is 0 Å². The average Bonchev–Trinajstić information content (AvgIpc) is 2.39. The Bertz CT molecular complexity index is 287. The third-order valence-corrected chi connectivity index (χ3v) is 4.77. The van der Waals surface area contributed by atoms with Crippen molar-refractivity contribution < 1.29 is 4.79 Å². The van der Waals surface area contributed by atoms with Crippen LogP contribution in [0.4, 0.5) is 0 Å². The molecule has 0 bridgehead atoms. The van der Waals surface area contributed by atoms with Crippen LogP contribution in [-0.2, 0) is 4.79 Å². The first-order valence-corrected chi connectivity index (χ1v) is 7.61.